The zero-order chi connectivity index (χ0) is 9.30. The van der Waals surface area contributed by atoms with E-state index in [9.17, 15) is 0 Å². The van der Waals surface area contributed by atoms with Gasteiger partial charge in [-0.2, -0.15) is 5.10 Å². The van der Waals surface area contributed by atoms with Gasteiger partial charge in [0.2, 0.25) is 0 Å². The SMILES string of the molecule is Cc1cc(N)nn1C(C)C(C)C. The molecule has 3 heteroatoms. The van der Waals surface area contributed by atoms with Crippen molar-refractivity contribution < 1.29 is 0 Å². The van der Waals surface area contributed by atoms with Gasteiger partial charge in [-0.3, -0.25) is 4.68 Å². The Morgan fingerprint density at radius 1 is 1.42 bits per heavy atom. The van der Waals surface area contributed by atoms with Crippen molar-refractivity contribution in [3.8, 4) is 0 Å². The molecule has 0 amide bonds. The van der Waals surface area contributed by atoms with Crippen LogP contribution in [-0.4, -0.2) is 9.78 Å². The Morgan fingerprint density at radius 2 is 2.00 bits per heavy atom. The van der Waals surface area contributed by atoms with Gasteiger partial charge in [0, 0.05) is 11.8 Å². The van der Waals surface area contributed by atoms with Crippen molar-refractivity contribution in [3.05, 3.63) is 11.8 Å². The van der Waals surface area contributed by atoms with Gasteiger partial charge in [0.1, 0.15) is 5.82 Å². The molecule has 0 saturated carbocycles. The van der Waals surface area contributed by atoms with E-state index in [2.05, 4.69) is 25.9 Å². The molecule has 68 valence electrons. The zero-order valence-electron chi connectivity index (χ0n) is 8.20. The van der Waals surface area contributed by atoms with Gasteiger partial charge in [0.15, 0.2) is 0 Å². The molecule has 0 aliphatic carbocycles. The molecule has 1 rings (SSSR count). The van der Waals surface area contributed by atoms with Gasteiger partial charge < -0.3 is 5.73 Å². The molecular formula is C9H17N3. The average Bonchev–Trinajstić information content (AvgIpc) is 2.28. The Balaban J connectivity index is 2.94. The molecule has 0 aliphatic rings. The maximum atomic E-state index is 5.59. The van der Waals surface area contributed by atoms with Crippen molar-refractivity contribution in [1.82, 2.24) is 9.78 Å². The van der Waals surface area contributed by atoms with E-state index in [0.29, 0.717) is 17.8 Å². The molecule has 1 aromatic heterocycles. The highest BCUT2D eigenvalue weighted by atomic mass is 15.3. The highest BCUT2D eigenvalue weighted by Gasteiger charge is 2.12. The Kier molecular flexibility index (Phi) is 2.40. The lowest BCUT2D eigenvalue weighted by atomic mass is 10.1. The third-order valence-electron chi connectivity index (χ3n) is 2.29. The van der Waals surface area contributed by atoms with E-state index in [0.717, 1.165) is 5.69 Å². The highest BCUT2D eigenvalue weighted by molar-refractivity contribution is 5.29. The Labute approximate surface area is 73.6 Å². The fourth-order valence-electron chi connectivity index (χ4n) is 1.21. The molecule has 1 heterocycles. The molecule has 3 nitrogen and oxygen atoms in total. The van der Waals surface area contributed by atoms with Gasteiger partial charge in [0.25, 0.3) is 0 Å². The van der Waals surface area contributed by atoms with Gasteiger partial charge >= 0.3 is 0 Å². The largest absolute Gasteiger partial charge is 0.382 e. The Bertz CT molecular complexity index is 263. The van der Waals surface area contributed by atoms with Gasteiger partial charge in [-0.15, -0.1) is 0 Å². The summed E-state index contributed by atoms with van der Waals surface area (Å²) in [4.78, 5) is 0. The normalized spacial score (nSPS) is 13.8. The van der Waals surface area contributed by atoms with E-state index in [1.54, 1.807) is 0 Å². The van der Waals surface area contributed by atoms with Gasteiger partial charge in [-0.25, -0.2) is 0 Å². The molecule has 1 aromatic rings. The summed E-state index contributed by atoms with van der Waals surface area (Å²) in [6.45, 7) is 8.55. The van der Waals surface area contributed by atoms with Crippen LogP contribution in [0.3, 0.4) is 0 Å². The second kappa shape index (κ2) is 3.17. The number of nitrogens with two attached hydrogens (primary N) is 1. The number of rotatable bonds is 2. The lowest BCUT2D eigenvalue weighted by Gasteiger charge is -2.17. The summed E-state index contributed by atoms with van der Waals surface area (Å²) in [7, 11) is 0. The Hall–Kier alpha value is -0.990. The van der Waals surface area contributed by atoms with Gasteiger partial charge in [0.05, 0.1) is 6.04 Å². The van der Waals surface area contributed by atoms with Crippen LogP contribution in [0.25, 0.3) is 0 Å². The molecule has 0 bridgehead atoms. The topological polar surface area (TPSA) is 43.8 Å². The molecule has 0 spiro atoms. The summed E-state index contributed by atoms with van der Waals surface area (Å²) < 4.78 is 1.99. The molecule has 1 unspecified atom stereocenters. The molecule has 2 N–H and O–H groups in total. The molecule has 0 radical (unpaired) electrons. The molecule has 0 saturated heterocycles. The van der Waals surface area contributed by atoms with E-state index >= 15 is 0 Å². The number of hydrogen-bond acceptors (Lipinski definition) is 2. The van der Waals surface area contributed by atoms with Crippen LogP contribution in [0.5, 0.6) is 0 Å². The molecule has 12 heavy (non-hydrogen) atoms. The quantitative estimate of drug-likeness (QED) is 0.732. The lowest BCUT2D eigenvalue weighted by Crippen LogP contribution is -2.14. The molecule has 0 fully saturated rings. The minimum Gasteiger partial charge on any atom is -0.382 e. The second-order valence-electron chi connectivity index (χ2n) is 3.64. The summed E-state index contributed by atoms with van der Waals surface area (Å²) in [5.74, 6) is 1.20. The summed E-state index contributed by atoms with van der Waals surface area (Å²) in [5, 5.41) is 4.23. The zero-order valence-corrected chi connectivity index (χ0v) is 8.20. The van der Waals surface area contributed by atoms with Crippen LogP contribution in [0.15, 0.2) is 6.07 Å². The third-order valence-corrected chi connectivity index (χ3v) is 2.29. The van der Waals surface area contributed by atoms with E-state index in [-0.39, 0.29) is 0 Å². The summed E-state index contributed by atoms with van der Waals surface area (Å²) in [5.41, 5.74) is 6.72. The van der Waals surface area contributed by atoms with Crippen molar-refractivity contribution in [2.24, 2.45) is 5.92 Å². The van der Waals surface area contributed by atoms with E-state index < -0.39 is 0 Å². The van der Waals surface area contributed by atoms with E-state index in [4.69, 9.17) is 5.73 Å². The van der Waals surface area contributed by atoms with Crippen LogP contribution in [0.4, 0.5) is 5.82 Å². The minimum absolute atomic E-state index is 0.419. The van der Waals surface area contributed by atoms with Gasteiger partial charge in [-0.05, 0) is 19.8 Å². The lowest BCUT2D eigenvalue weighted by molar-refractivity contribution is 0.370. The van der Waals surface area contributed by atoms with Crippen LogP contribution >= 0.6 is 0 Å². The number of nitrogen functional groups attached to an aromatic ring is 1. The number of aryl methyl sites for hydroxylation is 1. The summed E-state index contributed by atoms with van der Waals surface area (Å²) in [6.07, 6.45) is 0. The predicted molar refractivity (Wildman–Crippen MR) is 50.9 cm³/mol. The molecule has 0 aromatic carbocycles. The fraction of sp³-hybridized carbons (Fsp3) is 0.667. The summed E-state index contributed by atoms with van der Waals surface area (Å²) in [6, 6.07) is 2.32. The van der Waals surface area contributed by atoms with Crippen LogP contribution < -0.4 is 5.73 Å². The first-order chi connectivity index (χ1) is 5.52. The van der Waals surface area contributed by atoms with Gasteiger partial charge in [-0.1, -0.05) is 13.8 Å². The first kappa shape index (κ1) is 9.10. The average molecular weight is 167 g/mol. The second-order valence-corrected chi connectivity index (χ2v) is 3.64. The number of anilines is 1. The van der Waals surface area contributed by atoms with Crippen LogP contribution in [0, 0.1) is 12.8 Å². The smallest absolute Gasteiger partial charge is 0.145 e. The van der Waals surface area contributed by atoms with Crippen molar-refractivity contribution in [2.45, 2.75) is 33.7 Å². The van der Waals surface area contributed by atoms with E-state index in [1.165, 1.54) is 0 Å². The summed E-state index contributed by atoms with van der Waals surface area (Å²) >= 11 is 0. The highest BCUT2D eigenvalue weighted by Crippen LogP contribution is 2.19. The van der Waals surface area contributed by atoms with E-state index in [1.807, 2.05) is 17.7 Å². The van der Waals surface area contributed by atoms with Crippen molar-refractivity contribution >= 4 is 5.82 Å². The van der Waals surface area contributed by atoms with Crippen LogP contribution in [0.2, 0.25) is 0 Å². The number of hydrogen-bond donors (Lipinski definition) is 1. The van der Waals surface area contributed by atoms with Crippen molar-refractivity contribution in [3.63, 3.8) is 0 Å². The minimum atomic E-state index is 0.419. The maximum absolute atomic E-state index is 5.59. The first-order valence-electron chi connectivity index (χ1n) is 4.34. The standard InChI is InChI=1S/C9H17N3/c1-6(2)8(4)12-7(3)5-9(10)11-12/h5-6,8H,1-4H3,(H2,10,11). The maximum Gasteiger partial charge on any atom is 0.145 e. The van der Waals surface area contributed by atoms with Crippen LogP contribution in [0.1, 0.15) is 32.5 Å². The predicted octanol–water partition coefficient (Wildman–Crippen LogP) is 1.99. The number of nitrogens with zero attached hydrogens (tertiary/aromatic N) is 2. The third kappa shape index (κ3) is 1.60. The molecule has 0 aliphatic heterocycles. The van der Waals surface area contributed by atoms with Crippen LogP contribution in [-0.2, 0) is 0 Å². The van der Waals surface area contributed by atoms with Crippen molar-refractivity contribution in [2.75, 3.05) is 5.73 Å². The van der Waals surface area contributed by atoms with Crippen molar-refractivity contribution in [1.29, 1.82) is 0 Å². The fourth-order valence-corrected chi connectivity index (χ4v) is 1.21. The molecule has 1 atom stereocenters. The monoisotopic (exact) mass is 167 g/mol. The Morgan fingerprint density at radius 3 is 2.33 bits per heavy atom. The number of aromatic nitrogens is 2. The molecular weight excluding hydrogens is 150 g/mol. The first-order valence-corrected chi connectivity index (χ1v) is 4.34.